The smallest absolute Gasteiger partial charge is 0.307 e. The Morgan fingerprint density at radius 1 is 1.30 bits per heavy atom. The van der Waals surface area contributed by atoms with Gasteiger partial charge in [-0.3, -0.25) is 9.59 Å². The molecule has 110 valence electrons. The molecular weight excluding hydrogens is 282 g/mol. The molecule has 0 fully saturated rings. The van der Waals surface area contributed by atoms with Crippen molar-refractivity contribution in [2.45, 2.75) is 13.3 Å². The van der Waals surface area contributed by atoms with Crippen molar-refractivity contribution in [2.75, 3.05) is 27.3 Å². The van der Waals surface area contributed by atoms with Crippen molar-refractivity contribution in [3.63, 3.8) is 0 Å². The summed E-state index contributed by atoms with van der Waals surface area (Å²) in [4.78, 5) is 25.2. The third-order valence-electron chi connectivity index (χ3n) is 2.87. The molecule has 0 saturated carbocycles. The second-order valence-electron chi connectivity index (χ2n) is 4.06. The summed E-state index contributed by atoms with van der Waals surface area (Å²) in [6, 6.07) is 4.86. The van der Waals surface area contributed by atoms with Gasteiger partial charge in [0.2, 0.25) is 0 Å². The van der Waals surface area contributed by atoms with Crippen molar-refractivity contribution in [1.82, 2.24) is 4.90 Å². The van der Waals surface area contributed by atoms with E-state index in [-0.39, 0.29) is 24.8 Å². The van der Waals surface area contributed by atoms with Gasteiger partial charge in [0.1, 0.15) is 5.75 Å². The summed E-state index contributed by atoms with van der Waals surface area (Å²) in [6.07, 6.45) is 0.152. The fourth-order valence-electron chi connectivity index (χ4n) is 1.75. The quantitative estimate of drug-likeness (QED) is 0.757. The monoisotopic (exact) mass is 299 g/mol. The molecule has 1 amide bonds. The van der Waals surface area contributed by atoms with Crippen LogP contribution in [0.15, 0.2) is 18.2 Å². The lowest BCUT2D eigenvalue weighted by Gasteiger charge is -2.21. The number of carbonyl (C=O) groups is 2. The SMILES string of the molecule is CCN(CCC(=O)OC)C(=O)c1cc(Cl)ccc1OC. The number of nitrogens with zero attached hydrogens (tertiary/aromatic N) is 1. The maximum absolute atomic E-state index is 12.4. The molecule has 0 aromatic heterocycles. The van der Waals surface area contributed by atoms with Gasteiger partial charge in [0, 0.05) is 18.1 Å². The maximum Gasteiger partial charge on any atom is 0.307 e. The summed E-state index contributed by atoms with van der Waals surface area (Å²) in [5, 5.41) is 0.457. The topological polar surface area (TPSA) is 55.8 Å². The highest BCUT2D eigenvalue weighted by molar-refractivity contribution is 6.31. The Labute approximate surface area is 123 Å². The normalized spacial score (nSPS) is 10.0. The minimum Gasteiger partial charge on any atom is -0.496 e. The molecule has 0 saturated heterocycles. The zero-order valence-electron chi connectivity index (χ0n) is 11.8. The average molecular weight is 300 g/mol. The fourth-order valence-corrected chi connectivity index (χ4v) is 1.92. The number of ether oxygens (including phenoxy) is 2. The molecule has 0 atom stereocenters. The van der Waals surface area contributed by atoms with E-state index in [0.717, 1.165) is 0 Å². The minimum absolute atomic E-state index is 0.152. The van der Waals surface area contributed by atoms with Gasteiger partial charge in [-0.2, -0.15) is 0 Å². The number of halogens is 1. The standard InChI is InChI=1S/C14H18ClNO4/c1-4-16(8-7-13(17)20-3)14(18)11-9-10(15)5-6-12(11)19-2/h5-6,9H,4,7-8H2,1-3H3. The van der Waals surface area contributed by atoms with Crippen LogP contribution in [0.2, 0.25) is 5.02 Å². The van der Waals surface area contributed by atoms with Gasteiger partial charge in [0.05, 0.1) is 26.2 Å². The van der Waals surface area contributed by atoms with E-state index >= 15 is 0 Å². The number of carbonyl (C=O) groups excluding carboxylic acids is 2. The predicted octanol–water partition coefficient (Wildman–Crippen LogP) is 2.37. The number of amides is 1. The van der Waals surface area contributed by atoms with Gasteiger partial charge in [-0.15, -0.1) is 0 Å². The van der Waals surface area contributed by atoms with Crippen molar-refractivity contribution in [3.8, 4) is 5.75 Å². The number of hydrogen-bond donors (Lipinski definition) is 0. The van der Waals surface area contributed by atoms with Gasteiger partial charge in [0.15, 0.2) is 0 Å². The lowest BCUT2D eigenvalue weighted by Crippen LogP contribution is -2.33. The molecule has 1 rings (SSSR count). The molecule has 0 unspecified atom stereocenters. The Hall–Kier alpha value is -1.75. The Kier molecular flexibility index (Phi) is 6.31. The molecular formula is C14H18ClNO4. The molecule has 20 heavy (non-hydrogen) atoms. The highest BCUT2D eigenvalue weighted by Crippen LogP contribution is 2.24. The van der Waals surface area contributed by atoms with Crippen LogP contribution in [0, 0.1) is 0 Å². The second-order valence-corrected chi connectivity index (χ2v) is 4.49. The molecule has 0 heterocycles. The number of hydrogen-bond acceptors (Lipinski definition) is 4. The average Bonchev–Trinajstić information content (AvgIpc) is 2.47. The van der Waals surface area contributed by atoms with Gasteiger partial charge in [0.25, 0.3) is 5.91 Å². The largest absolute Gasteiger partial charge is 0.496 e. The van der Waals surface area contributed by atoms with Crippen LogP contribution >= 0.6 is 11.6 Å². The van der Waals surface area contributed by atoms with Crippen LogP contribution in [-0.4, -0.2) is 44.1 Å². The first-order valence-corrected chi connectivity index (χ1v) is 6.60. The van der Waals surface area contributed by atoms with E-state index < -0.39 is 0 Å². The first kappa shape index (κ1) is 16.3. The van der Waals surface area contributed by atoms with Crippen molar-refractivity contribution in [1.29, 1.82) is 0 Å². The Morgan fingerprint density at radius 3 is 2.55 bits per heavy atom. The molecule has 0 aliphatic rings. The third-order valence-corrected chi connectivity index (χ3v) is 3.11. The summed E-state index contributed by atoms with van der Waals surface area (Å²) >= 11 is 5.92. The van der Waals surface area contributed by atoms with Crippen LogP contribution in [0.25, 0.3) is 0 Å². The fraction of sp³-hybridized carbons (Fsp3) is 0.429. The molecule has 1 aromatic carbocycles. The minimum atomic E-state index is -0.352. The number of benzene rings is 1. The van der Waals surface area contributed by atoms with E-state index in [1.165, 1.54) is 14.2 Å². The summed E-state index contributed by atoms with van der Waals surface area (Å²) in [7, 11) is 2.81. The Morgan fingerprint density at radius 2 is 2.00 bits per heavy atom. The molecule has 6 heteroatoms. The molecule has 0 N–H and O–H groups in total. The highest BCUT2D eigenvalue weighted by atomic mass is 35.5. The van der Waals surface area contributed by atoms with Gasteiger partial charge < -0.3 is 14.4 Å². The number of rotatable bonds is 6. The van der Waals surface area contributed by atoms with Gasteiger partial charge in [-0.05, 0) is 25.1 Å². The molecule has 0 aliphatic carbocycles. The lowest BCUT2D eigenvalue weighted by atomic mass is 10.1. The summed E-state index contributed by atoms with van der Waals surface area (Å²) in [6.45, 7) is 2.61. The van der Waals surface area contributed by atoms with Gasteiger partial charge in [-0.25, -0.2) is 0 Å². The van der Waals surface area contributed by atoms with Crippen molar-refractivity contribution >= 4 is 23.5 Å². The zero-order valence-corrected chi connectivity index (χ0v) is 12.6. The van der Waals surface area contributed by atoms with Crippen LogP contribution in [0.1, 0.15) is 23.7 Å². The highest BCUT2D eigenvalue weighted by Gasteiger charge is 2.19. The Balaban J connectivity index is 2.90. The lowest BCUT2D eigenvalue weighted by molar-refractivity contribution is -0.140. The Bertz CT molecular complexity index is 490. The number of methoxy groups -OCH3 is 2. The molecule has 1 aromatic rings. The first-order valence-electron chi connectivity index (χ1n) is 6.23. The van der Waals surface area contributed by atoms with Crippen LogP contribution in [0.4, 0.5) is 0 Å². The number of esters is 1. The molecule has 0 aliphatic heterocycles. The van der Waals surface area contributed by atoms with E-state index in [2.05, 4.69) is 4.74 Å². The van der Waals surface area contributed by atoms with Gasteiger partial charge in [-0.1, -0.05) is 11.6 Å². The van der Waals surface area contributed by atoms with Crippen LogP contribution in [-0.2, 0) is 9.53 Å². The predicted molar refractivity (Wildman–Crippen MR) is 76.2 cm³/mol. The van der Waals surface area contributed by atoms with Crippen molar-refractivity contribution in [2.24, 2.45) is 0 Å². The molecule has 0 spiro atoms. The van der Waals surface area contributed by atoms with Gasteiger partial charge >= 0.3 is 5.97 Å². The van der Waals surface area contributed by atoms with E-state index in [1.54, 1.807) is 23.1 Å². The maximum atomic E-state index is 12.4. The molecule has 5 nitrogen and oxygen atoms in total. The van der Waals surface area contributed by atoms with Crippen molar-refractivity contribution in [3.05, 3.63) is 28.8 Å². The van der Waals surface area contributed by atoms with Crippen molar-refractivity contribution < 1.29 is 19.1 Å². The summed E-state index contributed by atoms with van der Waals surface area (Å²) < 4.78 is 9.74. The molecule has 0 radical (unpaired) electrons. The summed E-state index contributed by atoms with van der Waals surface area (Å²) in [5.74, 6) is -0.124. The third kappa shape index (κ3) is 4.13. The van der Waals surface area contributed by atoms with E-state index in [1.807, 2.05) is 6.92 Å². The van der Waals surface area contributed by atoms with Crippen LogP contribution in [0.3, 0.4) is 0 Å². The van der Waals surface area contributed by atoms with Crippen LogP contribution < -0.4 is 4.74 Å². The second kappa shape index (κ2) is 7.75. The van der Waals surface area contributed by atoms with E-state index in [0.29, 0.717) is 22.9 Å². The van der Waals surface area contributed by atoms with E-state index in [9.17, 15) is 9.59 Å². The zero-order chi connectivity index (χ0) is 15.1. The summed E-state index contributed by atoms with van der Waals surface area (Å²) in [5.41, 5.74) is 0.381. The van der Waals surface area contributed by atoms with Crippen LogP contribution in [0.5, 0.6) is 5.75 Å². The van der Waals surface area contributed by atoms with E-state index in [4.69, 9.17) is 16.3 Å². The molecule has 0 bridgehead atoms. The first-order chi connectivity index (χ1) is 9.53.